The van der Waals surface area contributed by atoms with E-state index in [0.717, 1.165) is 16.9 Å². The molecule has 146 valence electrons. The van der Waals surface area contributed by atoms with Crippen LogP contribution >= 0.6 is 0 Å². The predicted molar refractivity (Wildman–Crippen MR) is 104 cm³/mol. The molecule has 2 unspecified atom stereocenters. The van der Waals surface area contributed by atoms with Crippen molar-refractivity contribution in [3.05, 3.63) is 29.3 Å². The predicted octanol–water partition coefficient (Wildman–Crippen LogP) is 3.17. The number of hydrogen-bond donors (Lipinski definition) is 0. The molecule has 6 heteroatoms. The fourth-order valence-corrected chi connectivity index (χ4v) is 5.57. The third kappa shape index (κ3) is 4.78. The zero-order valence-corrected chi connectivity index (χ0v) is 17.3. The molecule has 1 aromatic rings. The molecule has 0 saturated carbocycles. The van der Waals surface area contributed by atoms with Crippen LogP contribution in [0.15, 0.2) is 18.2 Å². The summed E-state index contributed by atoms with van der Waals surface area (Å²) in [6.45, 7) is 8.71. The van der Waals surface area contributed by atoms with Crippen molar-refractivity contribution in [1.82, 2.24) is 4.90 Å². The quantitative estimate of drug-likeness (QED) is 0.728. The van der Waals surface area contributed by atoms with Gasteiger partial charge in [0.2, 0.25) is 5.91 Å². The number of aryl methyl sites for hydroxylation is 1. The van der Waals surface area contributed by atoms with Gasteiger partial charge in [-0.3, -0.25) is 4.79 Å². The van der Waals surface area contributed by atoms with Crippen LogP contribution in [0.3, 0.4) is 0 Å². The van der Waals surface area contributed by atoms with Gasteiger partial charge < -0.3 is 9.64 Å². The van der Waals surface area contributed by atoms with Crippen LogP contribution < -0.4 is 4.74 Å². The molecule has 0 bridgehead atoms. The molecule has 1 aromatic carbocycles. The average molecular weight is 382 g/mol. The van der Waals surface area contributed by atoms with Gasteiger partial charge in [-0.05, 0) is 49.3 Å². The van der Waals surface area contributed by atoms with E-state index in [2.05, 4.69) is 19.9 Å². The Balaban J connectivity index is 2.18. The molecule has 26 heavy (non-hydrogen) atoms. The molecule has 2 atom stereocenters. The summed E-state index contributed by atoms with van der Waals surface area (Å²) in [5, 5.41) is 0. The maximum Gasteiger partial charge on any atom is 0.223 e. The zero-order valence-electron chi connectivity index (χ0n) is 16.5. The highest BCUT2D eigenvalue weighted by atomic mass is 32.2. The van der Waals surface area contributed by atoms with Crippen molar-refractivity contribution < 1.29 is 17.9 Å². The third-order valence-corrected chi connectivity index (χ3v) is 7.11. The lowest BCUT2D eigenvalue weighted by molar-refractivity contribution is -0.133. The molecule has 1 fully saturated rings. The van der Waals surface area contributed by atoms with E-state index in [0.29, 0.717) is 25.3 Å². The van der Waals surface area contributed by atoms with Gasteiger partial charge in [-0.25, -0.2) is 8.42 Å². The molecule has 1 saturated heterocycles. The molecule has 1 heterocycles. The van der Waals surface area contributed by atoms with E-state index in [1.54, 1.807) is 12.0 Å². The Kier molecular flexibility index (Phi) is 6.72. The smallest absolute Gasteiger partial charge is 0.223 e. The normalized spacial score (nSPS) is 20.2. The lowest BCUT2D eigenvalue weighted by Gasteiger charge is -2.30. The minimum Gasteiger partial charge on any atom is -0.496 e. The van der Waals surface area contributed by atoms with E-state index in [-0.39, 0.29) is 29.4 Å². The van der Waals surface area contributed by atoms with Gasteiger partial charge in [-0.2, -0.15) is 0 Å². The average Bonchev–Trinajstić information content (AvgIpc) is 2.92. The van der Waals surface area contributed by atoms with Crippen LogP contribution in [-0.2, 0) is 14.6 Å². The number of benzene rings is 1. The second-order valence-electron chi connectivity index (χ2n) is 7.52. The minimum atomic E-state index is -3.00. The summed E-state index contributed by atoms with van der Waals surface area (Å²) in [6, 6.07) is 5.89. The van der Waals surface area contributed by atoms with Gasteiger partial charge in [-0.15, -0.1) is 0 Å². The Morgan fingerprint density at radius 2 is 2.04 bits per heavy atom. The number of rotatable bonds is 7. The summed E-state index contributed by atoms with van der Waals surface area (Å²) in [5.74, 6) is 1.57. The third-order valence-electron chi connectivity index (χ3n) is 5.36. The van der Waals surface area contributed by atoms with Crippen molar-refractivity contribution in [3.63, 3.8) is 0 Å². The van der Waals surface area contributed by atoms with Crippen LogP contribution in [0.1, 0.15) is 50.7 Å². The van der Waals surface area contributed by atoms with Gasteiger partial charge in [0.1, 0.15) is 5.75 Å². The highest BCUT2D eigenvalue weighted by molar-refractivity contribution is 7.91. The molecule has 0 N–H and O–H groups in total. The summed E-state index contributed by atoms with van der Waals surface area (Å²) in [7, 11) is -1.35. The van der Waals surface area contributed by atoms with Gasteiger partial charge in [0.25, 0.3) is 0 Å². The van der Waals surface area contributed by atoms with Gasteiger partial charge in [0, 0.05) is 19.0 Å². The fraction of sp³-hybridized carbons (Fsp3) is 0.650. The summed E-state index contributed by atoms with van der Waals surface area (Å²) < 4.78 is 28.9. The number of hydrogen-bond acceptors (Lipinski definition) is 4. The van der Waals surface area contributed by atoms with Crippen LogP contribution in [0.4, 0.5) is 0 Å². The Morgan fingerprint density at radius 1 is 1.35 bits per heavy atom. The monoisotopic (exact) mass is 381 g/mol. The van der Waals surface area contributed by atoms with Crippen molar-refractivity contribution in [2.75, 3.05) is 25.2 Å². The summed E-state index contributed by atoms with van der Waals surface area (Å²) >= 11 is 0. The number of ether oxygens (including phenoxy) is 1. The molecular weight excluding hydrogens is 350 g/mol. The molecule has 0 aliphatic carbocycles. The molecule has 1 aliphatic rings. The van der Waals surface area contributed by atoms with Crippen LogP contribution in [0.25, 0.3) is 0 Å². The molecule has 0 spiro atoms. The summed E-state index contributed by atoms with van der Waals surface area (Å²) in [6.07, 6.45) is 0.948. The number of methoxy groups -OCH3 is 1. The molecular formula is C20H31NO4S. The number of carbonyl (C=O) groups is 1. The molecule has 0 aromatic heterocycles. The summed E-state index contributed by atoms with van der Waals surface area (Å²) in [5.41, 5.74) is 2.18. The first-order valence-electron chi connectivity index (χ1n) is 9.33. The van der Waals surface area contributed by atoms with Crippen LogP contribution in [0, 0.1) is 12.8 Å². The highest BCUT2D eigenvalue weighted by Gasteiger charge is 2.34. The highest BCUT2D eigenvalue weighted by Crippen LogP contribution is 2.32. The number of sulfone groups is 1. The maximum absolute atomic E-state index is 13.0. The molecule has 0 radical (unpaired) electrons. The van der Waals surface area contributed by atoms with E-state index < -0.39 is 9.84 Å². The van der Waals surface area contributed by atoms with Gasteiger partial charge in [-0.1, -0.05) is 26.0 Å². The van der Waals surface area contributed by atoms with E-state index >= 15 is 0 Å². The van der Waals surface area contributed by atoms with Crippen molar-refractivity contribution in [3.8, 4) is 5.75 Å². The van der Waals surface area contributed by atoms with Gasteiger partial charge in [0.15, 0.2) is 9.84 Å². The Hall–Kier alpha value is -1.56. The topological polar surface area (TPSA) is 63.7 Å². The number of carbonyl (C=O) groups excluding carboxylic acids is 1. The first kappa shape index (κ1) is 20.7. The fourth-order valence-electron chi connectivity index (χ4n) is 3.84. The van der Waals surface area contributed by atoms with Crippen LogP contribution in [0.2, 0.25) is 0 Å². The lowest BCUT2D eigenvalue weighted by Crippen LogP contribution is -2.41. The Bertz CT molecular complexity index is 742. The van der Waals surface area contributed by atoms with Crippen LogP contribution in [0.5, 0.6) is 5.75 Å². The largest absolute Gasteiger partial charge is 0.496 e. The van der Waals surface area contributed by atoms with Gasteiger partial charge >= 0.3 is 0 Å². The number of amides is 1. The second-order valence-corrected chi connectivity index (χ2v) is 9.75. The lowest BCUT2D eigenvalue weighted by atomic mass is 9.84. The Labute approximate surface area is 157 Å². The van der Waals surface area contributed by atoms with E-state index in [9.17, 15) is 13.2 Å². The molecule has 2 rings (SSSR count). The zero-order chi connectivity index (χ0) is 19.5. The first-order valence-corrected chi connectivity index (χ1v) is 11.1. The molecule has 1 amide bonds. The van der Waals surface area contributed by atoms with Crippen molar-refractivity contribution in [1.29, 1.82) is 0 Å². The van der Waals surface area contributed by atoms with Crippen molar-refractivity contribution in [2.24, 2.45) is 5.92 Å². The number of nitrogens with zero attached hydrogens (tertiary/aromatic N) is 1. The molecule has 1 aliphatic heterocycles. The standard InChI is InChI=1S/C20H31NO4S/c1-6-21(17-9-10-26(23,24)13-17)20(22)12-18(14(2)3)16-7-8-19(25-5)15(4)11-16/h7-8,11,14,17-18H,6,9-10,12-13H2,1-5H3. The minimum absolute atomic E-state index is 0.0433. The SMILES string of the molecule is CCN(C(=O)CC(c1ccc(OC)c(C)c1)C(C)C)C1CCS(=O)(=O)C1. The van der Waals surface area contributed by atoms with E-state index in [4.69, 9.17) is 4.74 Å². The summed E-state index contributed by atoms with van der Waals surface area (Å²) in [4.78, 5) is 14.7. The van der Waals surface area contributed by atoms with Crippen molar-refractivity contribution in [2.45, 2.75) is 52.5 Å². The second kappa shape index (κ2) is 8.42. The van der Waals surface area contributed by atoms with E-state index in [1.807, 2.05) is 26.0 Å². The Morgan fingerprint density at radius 3 is 2.50 bits per heavy atom. The first-order chi connectivity index (χ1) is 12.2. The van der Waals surface area contributed by atoms with Crippen LogP contribution in [-0.4, -0.2) is 50.4 Å². The maximum atomic E-state index is 13.0. The van der Waals surface area contributed by atoms with E-state index in [1.165, 1.54) is 0 Å². The van der Waals surface area contributed by atoms with Crippen molar-refractivity contribution >= 4 is 15.7 Å². The molecule has 5 nitrogen and oxygen atoms in total. The van der Waals surface area contributed by atoms with Gasteiger partial charge in [0.05, 0.1) is 18.6 Å².